The van der Waals surface area contributed by atoms with Gasteiger partial charge in [0.25, 0.3) is 0 Å². The van der Waals surface area contributed by atoms with Crippen LogP contribution in [0, 0.1) is 6.92 Å². The third-order valence-corrected chi connectivity index (χ3v) is 3.80. The van der Waals surface area contributed by atoms with Crippen LogP contribution in [0.25, 0.3) is 0 Å². The number of nitrogens with one attached hydrogen (secondary N) is 1. The second kappa shape index (κ2) is 6.33. The molecule has 0 saturated carbocycles. The molecule has 0 aromatic carbocycles. The minimum Gasteiger partial charge on any atom is -0.378 e. The third kappa shape index (κ3) is 3.85. The second-order valence-electron chi connectivity index (χ2n) is 4.30. The van der Waals surface area contributed by atoms with Crippen molar-refractivity contribution < 1.29 is 4.74 Å². The minimum absolute atomic E-state index is 0.490. The maximum atomic E-state index is 5.68. The normalized spacial score (nSPS) is 21.2. The molecule has 4 heteroatoms. The Hall–Kier alpha value is -0.450. The van der Waals surface area contributed by atoms with Gasteiger partial charge in [-0.2, -0.15) is 0 Å². The average molecular weight is 240 g/mol. The Morgan fingerprint density at radius 1 is 1.56 bits per heavy atom. The molecular weight excluding hydrogens is 220 g/mol. The molecule has 2 rings (SSSR count). The summed E-state index contributed by atoms with van der Waals surface area (Å²) in [5.41, 5.74) is 0. The predicted octanol–water partition coefficient (Wildman–Crippen LogP) is 2.50. The van der Waals surface area contributed by atoms with Crippen LogP contribution in [-0.4, -0.2) is 24.2 Å². The van der Waals surface area contributed by atoms with Crippen LogP contribution in [0.15, 0.2) is 6.20 Å². The van der Waals surface area contributed by atoms with Crippen LogP contribution in [0.3, 0.4) is 0 Å². The predicted molar refractivity (Wildman–Crippen MR) is 66.8 cm³/mol. The number of hydrogen-bond acceptors (Lipinski definition) is 4. The van der Waals surface area contributed by atoms with Crippen LogP contribution in [-0.2, 0) is 11.3 Å². The van der Waals surface area contributed by atoms with Gasteiger partial charge in [-0.25, -0.2) is 4.98 Å². The fourth-order valence-corrected chi connectivity index (χ4v) is 2.76. The lowest BCUT2D eigenvalue weighted by Crippen LogP contribution is -2.24. The molecule has 1 aromatic heterocycles. The van der Waals surface area contributed by atoms with E-state index in [9.17, 15) is 0 Å². The topological polar surface area (TPSA) is 34.2 Å². The molecule has 1 aliphatic heterocycles. The van der Waals surface area contributed by atoms with E-state index in [2.05, 4.69) is 10.3 Å². The SMILES string of the molecule is Cc1ncc(CNCCC2CCCCO2)s1. The fourth-order valence-electron chi connectivity index (χ4n) is 2.00. The number of hydrogen-bond donors (Lipinski definition) is 1. The molecule has 1 saturated heterocycles. The molecule has 1 unspecified atom stereocenters. The Labute approximate surface area is 101 Å². The lowest BCUT2D eigenvalue weighted by atomic mass is 10.1. The van der Waals surface area contributed by atoms with Gasteiger partial charge in [-0.1, -0.05) is 0 Å². The van der Waals surface area contributed by atoms with Gasteiger partial charge in [0.05, 0.1) is 11.1 Å². The summed E-state index contributed by atoms with van der Waals surface area (Å²) in [5.74, 6) is 0. The molecule has 1 aliphatic rings. The van der Waals surface area contributed by atoms with Crippen LogP contribution in [0.5, 0.6) is 0 Å². The van der Waals surface area contributed by atoms with E-state index in [1.807, 2.05) is 13.1 Å². The summed E-state index contributed by atoms with van der Waals surface area (Å²) in [5, 5.41) is 4.60. The molecule has 16 heavy (non-hydrogen) atoms. The van der Waals surface area contributed by atoms with E-state index in [1.54, 1.807) is 11.3 Å². The highest BCUT2D eigenvalue weighted by atomic mass is 32.1. The first-order chi connectivity index (χ1) is 7.84. The molecule has 1 aromatic rings. The summed E-state index contributed by atoms with van der Waals surface area (Å²) in [6.45, 7) is 4.99. The Morgan fingerprint density at radius 2 is 2.50 bits per heavy atom. The Bertz CT molecular complexity index is 308. The summed E-state index contributed by atoms with van der Waals surface area (Å²) < 4.78 is 5.68. The molecule has 1 fully saturated rings. The first-order valence-corrected chi connectivity index (χ1v) is 6.90. The highest BCUT2D eigenvalue weighted by Gasteiger charge is 2.12. The highest BCUT2D eigenvalue weighted by molar-refractivity contribution is 7.11. The number of thiazole rings is 1. The molecule has 1 atom stereocenters. The lowest BCUT2D eigenvalue weighted by molar-refractivity contribution is 0.0115. The van der Waals surface area contributed by atoms with Gasteiger partial charge in [-0.3, -0.25) is 0 Å². The summed E-state index contributed by atoms with van der Waals surface area (Å²) in [6.07, 6.45) is 7.40. The largest absolute Gasteiger partial charge is 0.378 e. The Balaban J connectivity index is 1.57. The molecule has 3 nitrogen and oxygen atoms in total. The van der Waals surface area contributed by atoms with Gasteiger partial charge >= 0.3 is 0 Å². The standard InChI is InChI=1S/C12H20N2OS/c1-10-14-9-12(16-10)8-13-6-5-11-4-2-3-7-15-11/h9,11,13H,2-8H2,1H3. The maximum absolute atomic E-state index is 5.68. The van der Waals surface area contributed by atoms with Crippen molar-refractivity contribution in [2.24, 2.45) is 0 Å². The fraction of sp³-hybridized carbons (Fsp3) is 0.750. The lowest BCUT2D eigenvalue weighted by Gasteiger charge is -2.22. The Morgan fingerprint density at radius 3 is 3.19 bits per heavy atom. The van der Waals surface area contributed by atoms with Crippen LogP contribution in [0.2, 0.25) is 0 Å². The molecular formula is C12H20N2OS. The van der Waals surface area contributed by atoms with Crippen molar-refractivity contribution in [2.45, 2.75) is 45.3 Å². The van der Waals surface area contributed by atoms with Crippen molar-refractivity contribution in [2.75, 3.05) is 13.2 Å². The van der Waals surface area contributed by atoms with E-state index in [4.69, 9.17) is 4.74 Å². The molecule has 1 N–H and O–H groups in total. The molecule has 0 aliphatic carbocycles. The zero-order chi connectivity index (χ0) is 11.2. The van der Waals surface area contributed by atoms with E-state index in [1.165, 1.54) is 24.1 Å². The maximum Gasteiger partial charge on any atom is 0.0897 e. The van der Waals surface area contributed by atoms with Crippen LogP contribution < -0.4 is 5.32 Å². The van der Waals surface area contributed by atoms with Crippen molar-refractivity contribution in [3.63, 3.8) is 0 Å². The first-order valence-electron chi connectivity index (χ1n) is 6.08. The molecule has 90 valence electrons. The summed E-state index contributed by atoms with van der Waals surface area (Å²) in [7, 11) is 0. The summed E-state index contributed by atoms with van der Waals surface area (Å²) in [4.78, 5) is 5.56. The van der Waals surface area contributed by atoms with Gasteiger partial charge in [0.1, 0.15) is 0 Å². The summed E-state index contributed by atoms with van der Waals surface area (Å²) >= 11 is 1.77. The van der Waals surface area contributed by atoms with Crippen molar-refractivity contribution in [3.8, 4) is 0 Å². The molecule has 0 bridgehead atoms. The molecule has 0 radical (unpaired) electrons. The van der Waals surface area contributed by atoms with E-state index in [0.29, 0.717) is 6.10 Å². The van der Waals surface area contributed by atoms with Gasteiger partial charge in [-0.15, -0.1) is 11.3 Å². The van der Waals surface area contributed by atoms with Crippen LogP contribution in [0.4, 0.5) is 0 Å². The van der Waals surface area contributed by atoms with E-state index in [-0.39, 0.29) is 0 Å². The molecule has 2 heterocycles. The van der Waals surface area contributed by atoms with E-state index in [0.717, 1.165) is 31.1 Å². The van der Waals surface area contributed by atoms with Crippen LogP contribution >= 0.6 is 11.3 Å². The van der Waals surface area contributed by atoms with E-state index >= 15 is 0 Å². The van der Waals surface area contributed by atoms with Gasteiger partial charge in [0, 0.05) is 24.2 Å². The molecule has 0 amide bonds. The number of ether oxygens (including phenoxy) is 1. The van der Waals surface area contributed by atoms with Gasteiger partial charge in [0.15, 0.2) is 0 Å². The second-order valence-corrected chi connectivity index (χ2v) is 5.62. The van der Waals surface area contributed by atoms with Crippen molar-refractivity contribution in [1.29, 1.82) is 0 Å². The Kier molecular flexibility index (Phi) is 4.75. The number of rotatable bonds is 5. The van der Waals surface area contributed by atoms with Gasteiger partial charge in [0.2, 0.25) is 0 Å². The molecule has 0 spiro atoms. The summed E-state index contributed by atoms with van der Waals surface area (Å²) in [6, 6.07) is 0. The quantitative estimate of drug-likeness (QED) is 0.803. The van der Waals surface area contributed by atoms with Crippen molar-refractivity contribution >= 4 is 11.3 Å². The van der Waals surface area contributed by atoms with Crippen molar-refractivity contribution in [3.05, 3.63) is 16.1 Å². The first kappa shape index (κ1) is 12.0. The van der Waals surface area contributed by atoms with Crippen LogP contribution in [0.1, 0.15) is 35.6 Å². The van der Waals surface area contributed by atoms with E-state index < -0.39 is 0 Å². The smallest absolute Gasteiger partial charge is 0.0897 e. The highest BCUT2D eigenvalue weighted by Crippen LogP contribution is 2.15. The van der Waals surface area contributed by atoms with Gasteiger partial charge < -0.3 is 10.1 Å². The number of nitrogens with zero attached hydrogens (tertiary/aromatic N) is 1. The average Bonchev–Trinajstić information content (AvgIpc) is 2.72. The zero-order valence-electron chi connectivity index (χ0n) is 9.87. The van der Waals surface area contributed by atoms with Crippen molar-refractivity contribution in [1.82, 2.24) is 10.3 Å². The zero-order valence-corrected chi connectivity index (χ0v) is 10.7. The number of aromatic nitrogens is 1. The third-order valence-electron chi connectivity index (χ3n) is 2.89. The monoisotopic (exact) mass is 240 g/mol. The number of aryl methyl sites for hydroxylation is 1. The van der Waals surface area contributed by atoms with Gasteiger partial charge in [-0.05, 0) is 39.2 Å². The minimum atomic E-state index is 0.490.